The number of aliphatic hydroxyl groups is 2. The zero-order chi connectivity index (χ0) is 17.1. The topological polar surface area (TPSA) is 109 Å². The van der Waals surface area contributed by atoms with Gasteiger partial charge >= 0.3 is 5.69 Å². The summed E-state index contributed by atoms with van der Waals surface area (Å²) in [5.74, 6) is 0. The first-order valence-corrected chi connectivity index (χ1v) is 7.35. The zero-order valence-corrected chi connectivity index (χ0v) is 16.3. The Morgan fingerprint density at radius 1 is 1.36 bits per heavy atom. The van der Waals surface area contributed by atoms with Crippen LogP contribution < -0.4 is 11.2 Å². The molecule has 25 heavy (non-hydrogen) atoms. The summed E-state index contributed by atoms with van der Waals surface area (Å²) < 4.78 is 11.6. The molecule has 4 atom stereocenters. The second-order valence-corrected chi connectivity index (χ2v) is 5.32. The number of aromatic nitrogens is 2. The minimum absolute atomic E-state index is 0. The maximum absolute atomic E-state index is 12.2. The number of methoxy groups -OCH3 is 1. The van der Waals surface area contributed by atoms with E-state index in [1.54, 1.807) is 18.2 Å². The number of aromatic amines is 1. The van der Waals surface area contributed by atoms with Crippen molar-refractivity contribution in [2.24, 2.45) is 4.99 Å². The third kappa shape index (κ3) is 4.52. The fourth-order valence-electron chi connectivity index (χ4n) is 2.48. The summed E-state index contributed by atoms with van der Waals surface area (Å²) in [6.07, 6.45) is -2.82. The fraction of sp³-hybridized carbons (Fsp3) is 0.375. The molecule has 2 heterocycles. The van der Waals surface area contributed by atoms with Crippen molar-refractivity contribution in [2.75, 3.05) is 13.7 Å². The molecule has 9 heteroatoms. The van der Waals surface area contributed by atoms with E-state index in [0.717, 1.165) is 4.57 Å². The molecule has 3 N–H and O–H groups in total. The Morgan fingerprint density at radius 2 is 2.16 bits per heavy atom. The van der Waals surface area contributed by atoms with Crippen molar-refractivity contribution < 1.29 is 52.4 Å². The molecule has 1 saturated heterocycles. The Balaban J connectivity index is 0.00000225. The smallest absolute Gasteiger partial charge is 0.324 e. The molecule has 131 valence electrons. The molecule has 0 amide bonds. The quantitative estimate of drug-likeness (QED) is 0.566. The molecule has 1 fully saturated rings. The molecule has 1 aromatic heterocycles. The van der Waals surface area contributed by atoms with Crippen LogP contribution in [0.2, 0.25) is 0 Å². The van der Waals surface area contributed by atoms with E-state index in [1.807, 2.05) is 6.07 Å². The van der Waals surface area contributed by atoms with Crippen molar-refractivity contribution in [3.63, 3.8) is 0 Å². The molecule has 3 rings (SSSR count). The van der Waals surface area contributed by atoms with Crippen LogP contribution in [0.1, 0.15) is 6.23 Å². The summed E-state index contributed by atoms with van der Waals surface area (Å²) in [4.78, 5) is 19.0. The van der Waals surface area contributed by atoms with E-state index in [-0.39, 0.29) is 44.8 Å². The minimum atomic E-state index is -1.25. The number of benzene rings is 1. The fourth-order valence-corrected chi connectivity index (χ4v) is 2.48. The van der Waals surface area contributed by atoms with Crippen LogP contribution in [-0.2, 0) is 42.2 Å². The molecule has 8 nitrogen and oxygen atoms in total. The number of nitrogens with one attached hydrogen (secondary N) is 1. The average Bonchev–Trinajstić information content (AvgIpc) is 2.85. The number of hydrogen-bond donors (Lipinski definition) is 3. The largest absolute Gasteiger partial charge is 0.410 e. The first-order valence-electron chi connectivity index (χ1n) is 7.35. The molecule has 1 aromatic carbocycles. The van der Waals surface area contributed by atoms with Crippen LogP contribution in [-0.4, -0.2) is 51.8 Å². The molecule has 1 radical (unpaired) electrons. The number of aliphatic hydroxyl groups excluding tert-OH is 2. The third-order valence-electron chi connectivity index (χ3n) is 3.67. The summed E-state index contributed by atoms with van der Waals surface area (Å²) in [6.45, 7) is 0.105. The maximum Gasteiger partial charge on any atom is 0.324 e. The van der Waals surface area contributed by atoms with Gasteiger partial charge in [-0.2, -0.15) is 30.5 Å². The molecule has 1 aliphatic rings. The molecule has 0 aliphatic carbocycles. The number of para-hydroxylation sites is 1. The SMILES string of the molecule is COC[C@H]1O[C@@H](n2c[c-]c(=Nc3[c-]cccc3)[nH]c2=O)C(O)[C@H]1O.[Y]. The number of H-pyrrole nitrogens is 1. The standard InChI is InChI=1S/C16H17N3O5.Y/c1-23-9-11-13(20)14(21)15(24-11)19-8-7-12(18-16(19)22)17-10-5-3-2-4-6-10;/h2-5,8,11,13-15,20-21H,9H2,1H3,(H,17,18,22);/q-2;/t11-,13+,14?,15-;/m1./s1. The molecule has 2 aromatic rings. The normalized spacial score (nSPS) is 26.4. The van der Waals surface area contributed by atoms with Gasteiger partial charge < -0.3 is 35.3 Å². The summed E-state index contributed by atoms with van der Waals surface area (Å²) in [6, 6.07) is 12.8. The summed E-state index contributed by atoms with van der Waals surface area (Å²) in [7, 11) is 1.46. The number of hydrogen-bond acceptors (Lipinski definition) is 6. The first-order chi connectivity index (χ1) is 11.6. The van der Waals surface area contributed by atoms with Gasteiger partial charge in [-0.25, -0.2) is 4.79 Å². The predicted octanol–water partition coefficient (Wildman–Crippen LogP) is -0.728. The van der Waals surface area contributed by atoms with Crippen LogP contribution in [0.5, 0.6) is 0 Å². The van der Waals surface area contributed by atoms with E-state index in [2.05, 4.69) is 22.1 Å². The Hall–Kier alpha value is -1.16. The molecular formula is C16H17N3O5Y-2. The van der Waals surface area contributed by atoms with Crippen LogP contribution in [0.15, 0.2) is 40.2 Å². The molecule has 1 aliphatic heterocycles. The van der Waals surface area contributed by atoms with Gasteiger partial charge in [0.15, 0.2) is 6.23 Å². The first kappa shape index (κ1) is 20.2. The van der Waals surface area contributed by atoms with Gasteiger partial charge in [0.25, 0.3) is 0 Å². The van der Waals surface area contributed by atoms with Crippen LogP contribution >= 0.6 is 0 Å². The van der Waals surface area contributed by atoms with Crippen molar-refractivity contribution in [1.82, 2.24) is 9.55 Å². The zero-order valence-electron chi connectivity index (χ0n) is 13.5. The van der Waals surface area contributed by atoms with E-state index in [9.17, 15) is 15.0 Å². The molecule has 0 saturated carbocycles. The van der Waals surface area contributed by atoms with Gasteiger partial charge in [0.1, 0.15) is 18.3 Å². The van der Waals surface area contributed by atoms with Gasteiger partial charge in [-0.3, -0.25) is 4.99 Å². The van der Waals surface area contributed by atoms with Crippen LogP contribution in [0, 0.1) is 12.1 Å². The van der Waals surface area contributed by atoms with E-state index in [0.29, 0.717) is 5.69 Å². The van der Waals surface area contributed by atoms with Gasteiger partial charge in [0, 0.05) is 39.8 Å². The van der Waals surface area contributed by atoms with Crippen LogP contribution in [0.25, 0.3) is 0 Å². The predicted molar refractivity (Wildman–Crippen MR) is 82.2 cm³/mol. The Kier molecular flexibility index (Phi) is 7.24. The third-order valence-corrected chi connectivity index (χ3v) is 3.67. The van der Waals surface area contributed by atoms with Crippen molar-refractivity contribution in [1.29, 1.82) is 0 Å². The second kappa shape index (κ2) is 8.98. The van der Waals surface area contributed by atoms with Gasteiger partial charge in [0.05, 0.1) is 6.61 Å². The monoisotopic (exact) mass is 420 g/mol. The van der Waals surface area contributed by atoms with Gasteiger partial charge in [0.2, 0.25) is 0 Å². The number of nitrogens with zero attached hydrogens (tertiary/aromatic N) is 2. The van der Waals surface area contributed by atoms with Crippen LogP contribution in [0.3, 0.4) is 0 Å². The van der Waals surface area contributed by atoms with Crippen molar-refractivity contribution in [2.45, 2.75) is 24.5 Å². The Morgan fingerprint density at radius 3 is 2.80 bits per heavy atom. The molecular weight excluding hydrogens is 403 g/mol. The Labute approximate surface area is 169 Å². The van der Waals surface area contributed by atoms with Crippen molar-refractivity contribution in [3.05, 3.63) is 58.6 Å². The van der Waals surface area contributed by atoms with Gasteiger partial charge in [-0.15, -0.1) is 6.07 Å². The summed E-state index contributed by atoms with van der Waals surface area (Å²) in [5.41, 5.74) is 0.229. The van der Waals surface area contributed by atoms with Gasteiger partial charge in [-0.05, 0) is 5.49 Å². The number of rotatable bonds is 4. The average molecular weight is 420 g/mol. The van der Waals surface area contributed by atoms with E-state index >= 15 is 0 Å². The van der Waals surface area contributed by atoms with E-state index < -0.39 is 30.2 Å². The minimum Gasteiger partial charge on any atom is -0.410 e. The molecule has 0 bridgehead atoms. The van der Waals surface area contributed by atoms with E-state index in [1.165, 1.54) is 13.3 Å². The molecule has 1 unspecified atom stereocenters. The summed E-state index contributed by atoms with van der Waals surface area (Å²) in [5, 5.41) is 20.0. The Bertz CT molecular complexity index is 807. The maximum atomic E-state index is 12.2. The molecule has 0 spiro atoms. The number of ether oxygens (including phenoxy) is 2. The van der Waals surface area contributed by atoms with Gasteiger partial charge in [-0.1, -0.05) is 5.69 Å². The van der Waals surface area contributed by atoms with Crippen LogP contribution in [0.4, 0.5) is 5.69 Å². The van der Waals surface area contributed by atoms with Crippen molar-refractivity contribution >= 4 is 5.69 Å². The second-order valence-electron chi connectivity index (χ2n) is 5.32. The summed E-state index contributed by atoms with van der Waals surface area (Å²) >= 11 is 0. The van der Waals surface area contributed by atoms with E-state index in [4.69, 9.17) is 9.47 Å². The van der Waals surface area contributed by atoms with Crippen molar-refractivity contribution in [3.8, 4) is 0 Å².